The highest BCUT2D eigenvalue weighted by Crippen LogP contribution is 2.46. The van der Waals surface area contributed by atoms with Gasteiger partial charge in [-0.15, -0.1) is 0 Å². The van der Waals surface area contributed by atoms with Crippen molar-refractivity contribution in [3.63, 3.8) is 0 Å². The monoisotopic (exact) mass is 337 g/mol. The molecule has 0 radical (unpaired) electrons. The zero-order valence-corrected chi connectivity index (χ0v) is 14.0. The quantitative estimate of drug-likeness (QED) is 0.630. The van der Waals surface area contributed by atoms with Crippen LogP contribution in [0.15, 0.2) is 34.6 Å². The summed E-state index contributed by atoms with van der Waals surface area (Å²) in [6.45, 7) is 4.27. The van der Waals surface area contributed by atoms with Crippen LogP contribution in [-0.4, -0.2) is 5.16 Å². The number of hydrogen-bond donors (Lipinski definition) is 0. The smallest absolute Gasteiger partial charge is 0.147 e. The summed E-state index contributed by atoms with van der Waals surface area (Å²) >= 11 is 12.6. The number of aromatic nitrogens is 1. The molecular weight excluding hydrogens is 321 g/mol. The second kappa shape index (κ2) is 6.35. The molecule has 3 rings (SSSR count). The van der Waals surface area contributed by atoms with Crippen LogP contribution < -0.4 is 0 Å². The predicted octanol–water partition coefficient (Wildman–Crippen LogP) is 5.97. The highest BCUT2D eigenvalue weighted by atomic mass is 35.5. The average molecular weight is 338 g/mol. The molecule has 1 heterocycles. The van der Waals surface area contributed by atoms with E-state index in [4.69, 9.17) is 32.5 Å². The number of benzene rings is 1. The molecule has 1 aromatic heterocycles. The Balaban J connectivity index is 2.04. The Labute approximate surface area is 139 Å². The normalized spacial score (nSPS) is 15.2. The molecule has 0 amide bonds. The van der Waals surface area contributed by atoms with Crippen LogP contribution in [0.5, 0.6) is 0 Å². The summed E-state index contributed by atoms with van der Waals surface area (Å²) in [6.07, 6.45) is 4.17. The zero-order valence-electron chi connectivity index (χ0n) is 12.5. The van der Waals surface area contributed by atoms with E-state index in [-0.39, 0.29) is 0 Å². The van der Waals surface area contributed by atoms with Crippen molar-refractivity contribution in [3.8, 4) is 11.3 Å². The van der Waals surface area contributed by atoms with E-state index in [1.54, 1.807) is 12.1 Å². The molecule has 0 N–H and O–H groups in total. The van der Waals surface area contributed by atoms with Crippen molar-refractivity contribution in [2.45, 2.75) is 39.2 Å². The van der Waals surface area contributed by atoms with Gasteiger partial charge >= 0.3 is 0 Å². The Hall–Kier alpha value is -1.45. The first-order valence-electron chi connectivity index (χ1n) is 7.30. The summed E-state index contributed by atoms with van der Waals surface area (Å²) in [5, 5.41) is 5.35. The van der Waals surface area contributed by atoms with Crippen molar-refractivity contribution >= 4 is 23.2 Å². The Kier molecular flexibility index (Phi) is 4.46. The molecule has 0 unspecified atom stereocenters. The topological polar surface area (TPSA) is 35.3 Å². The fourth-order valence-corrected chi connectivity index (χ4v) is 2.89. The van der Waals surface area contributed by atoms with Crippen molar-refractivity contribution < 1.29 is 9.26 Å². The molecule has 0 aliphatic heterocycles. The van der Waals surface area contributed by atoms with Crippen LogP contribution in [0.3, 0.4) is 0 Å². The van der Waals surface area contributed by atoms with E-state index >= 15 is 0 Å². The minimum atomic E-state index is 0.405. The largest absolute Gasteiger partial charge is 0.494 e. The lowest BCUT2D eigenvalue weighted by atomic mass is 10.0. The summed E-state index contributed by atoms with van der Waals surface area (Å²) in [5.74, 6) is 2.20. The maximum absolute atomic E-state index is 6.31. The van der Waals surface area contributed by atoms with Gasteiger partial charge in [-0.25, -0.2) is 0 Å². The molecule has 5 heteroatoms. The number of rotatable bonds is 5. The summed E-state index contributed by atoms with van der Waals surface area (Å²) in [7, 11) is 0. The molecule has 2 aromatic rings. The van der Waals surface area contributed by atoms with Crippen LogP contribution in [-0.2, 0) is 11.3 Å². The molecule has 0 saturated heterocycles. The molecule has 22 heavy (non-hydrogen) atoms. The number of halogens is 2. The predicted molar refractivity (Wildman–Crippen MR) is 88.2 cm³/mol. The lowest BCUT2D eigenvalue weighted by Gasteiger charge is -2.09. The van der Waals surface area contributed by atoms with Crippen LogP contribution in [0.4, 0.5) is 0 Å². The minimum absolute atomic E-state index is 0.405. The molecule has 3 nitrogen and oxygen atoms in total. The molecule has 1 saturated carbocycles. The molecule has 1 aliphatic carbocycles. The zero-order chi connectivity index (χ0) is 15.7. The van der Waals surface area contributed by atoms with Crippen molar-refractivity contribution in [1.82, 2.24) is 5.16 Å². The van der Waals surface area contributed by atoms with Crippen LogP contribution in [0.2, 0.25) is 10.0 Å². The van der Waals surface area contributed by atoms with Gasteiger partial charge in [-0.1, -0.05) is 34.4 Å². The van der Waals surface area contributed by atoms with Crippen LogP contribution in [0.25, 0.3) is 11.3 Å². The van der Waals surface area contributed by atoms with Gasteiger partial charge in [0.1, 0.15) is 18.1 Å². The Morgan fingerprint density at radius 2 is 2.05 bits per heavy atom. The highest BCUT2D eigenvalue weighted by Gasteiger charge is 2.33. The van der Waals surface area contributed by atoms with Crippen LogP contribution >= 0.6 is 23.2 Å². The van der Waals surface area contributed by atoms with E-state index < -0.39 is 0 Å². The van der Waals surface area contributed by atoms with Crippen molar-refractivity contribution in [2.24, 2.45) is 0 Å². The first-order valence-corrected chi connectivity index (χ1v) is 8.06. The summed E-state index contributed by atoms with van der Waals surface area (Å²) in [5.41, 5.74) is 2.33. The van der Waals surface area contributed by atoms with Gasteiger partial charge in [0.05, 0.1) is 21.4 Å². The average Bonchev–Trinajstić information content (AvgIpc) is 3.26. The highest BCUT2D eigenvalue weighted by molar-refractivity contribution is 6.39. The van der Waals surface area contributed by atoms with E-state index in [1.165, 1.54) is 0 Å². The molecule has 1 aromatic carbocycles. The fourth-order valence-electron chi connectivity index (χ4n) is 2.32. The second-order valence-electron chi connectivity index (χ2n) is 5.43. The van der Waals surface area contributed by atoms with Gasteiger partial charge < -0.3 is 9.26 Å². The Bertz CT molecular complexity index is 697. The number of allylic oxidation sites excluding steroid dienone is 2. The molecule has 1 aliphatic rings. The lowest BCUT2D eigenvalue weighted by Crippen LogP contribution is -1.96. The maximum Gasteiger partial charge on any atom is 0.147 e. The second-order valence-corrected chi connectivity index (χ2v) is 6.25. The Morgan fingerprint density at radius 3 is 2.64 bits per heavy atom. The van der Waals surface area contributed by atoms with Gasteiger partial charge in [0.15, 0.2) is 0 Å². The third-order valence-corrected chi connectivity index (χ3v) is 4.45. The van der Waals surface area contributed by atoms with Crippen molar-refractivity contribution in [2.75, 3.05) is 0 Å². The van der Waals surface area contributed by atoms with Gasteiger partial charge in [0.2, 0.25) is 0 Å². The minimum Gasteiger partial charge on any atom is -0.494 e. The van der Waals surface area contributed by atoms with Gasteiger partial charge in [-0.05, 0) is 44.9 Å². The van der Waals surface area contributed by atoms with Crippen LogP contribution in [0, 0.1) is 0 Å². The number of hydrogen-bond acceptors (Lipinski definition) is 3. The molecule has 0 bridgehead atoms. The molecule has 116 valence electrons. The number of ether oxygens (including phenoxy) is 1. The van der Waals surface area contributed by atoms with E-state index in [9.17, 15) is 0 Å². The molecule has 0 atom stereocenters. The van der Waals surface area contributed by atoms with Gasteiger partial charge in [-0.3, -0.25) is 0 Å². The summed E-state index contributed by atoms with van der Waals surface area (Å²) in [4.78, 5) is 0. The van der Waals surface area contributed by atoms with Gasteiger partial charge in [0, 0.05) is 11.5 Å². The van der Waals surface area contributed by atoms with E-state index in [0.29, 0.717) is 33.8 Å². The lowest BCUT2D eigenvalue weighted by molar-refractivity contribution is 0.198. The van der Waals surface area contributed by atoms with E-state index in [2.05, 4.69) is 5.16 Å². The van der Waals surface area contributed by atoms with E-state index in [0.717, 1.165) is 29.9 Å². The Morgan fingerprint density at radius 1 is 1.36 bits per heavy atom. The SMILES string of the molecule is CC=C(C)OCc1c(-c2c(Cl)cccc2Cl)noc1C1CC1. The van der Waals surface area contributed by atoms with E-state index in [1.807, 2.05) is 26.0 Å². The van der Waals surface area contributed by atoms with Gasteiger partial charge in [-0.2, -0.15) is 0 Å². The molecule has 0 spiro atoms. The summed E-state index contributed by atoms with van der Waals surface area (Å²) in [6, 6.07) is 5.42. The maximum atomic E-state index is 6.31. The fraction of sp³-hybridized carbons (Fsp3) is 0.353. The van der Waals surface area contributed by atoms with Crippen LogP contribution in [0.1, 0.15) is 43.9 Å². The number of nitrogens with zero attached hydrogens (tertiary/aromatic N) is 1. The standard InChI is InChI=1S/C17H17Cl2NO2/c1-3-10(2)21-9-12-16(20-22-17(12)11-7-8-11)15-13(18)5-4-6-14(15)19/h3-6,11H,7-9H2,1-2H3. The third kappa shape index (κ3) is 3.01. The first-order chi connectivity index (χ1) is 10.6. The third-order valence-electron chi connectivity index (χ3n) is 3.82. The first kappa shape index (κ1) is 15.4. The molecule has 1 fully saturated rings. The van der Waals surface area contributed by atoms with Crippen molar-refractivity contribution in [1.29, 1.82) is 0 Å². The summed E-state index contributed by atoms with van der Waals surface area (Å²) < 4.78 is 11.4. The van der Waals surface area contributed by atoms with Gasteiger partial charge in [0.25, 0.3) is 0 Å². The molecular formula is C17H17Cl2NO2. The van der Waals surface area contributed by atoms with Crippen molar-refractivity contribution in [3.05, 3.63) is 51.4 Å².